The van der Waals surface area contributed by atoms with E-state index < -0.39 is 0 Å². The second-order valence-electron chi connectivity index (χ2n) is 10.4. The number of fused-ring (bicyclic) bond motifs is 1. The Bertz CT molecular complexity index is 1250. The van der Waals surface area contributed by atoms with Crippen molar-refractivity contribution in [1.82, 2.24) is 14.8 Å². The van der Waals surface area contributed by atoms with Gasteiger partial charge in [0.1, 0.15) is 5.00 Å². The number of anilines is 1. The van der Waals surface area contributed by atoms with Crippen LogP contribution in [0.2, 0.25) is 0 Å². The van der Waals surface area contributed by atoms with Gasteiger partial charge in [0.2, 0.25) is 5.91 Å². The van der Waals surface area contributed by atoms with Crippen molar-refractivity contribution in [2.75, 3.05) is 11.1 Å². The molecule has 36 heavy (non-hydrogen) atoms. The Balaban J connectivity index is 1.45. The van der Waals surface area contributed by atoms with Crippen LogP contribution in [-0.4, -0.2) is 38.5 Å². The molecule has 0 bridgehead atoms. The summed E-state index contributed by atoms with van der Waals surface area (Å²) in [6.45, 7) is 10.2. The maximum atomic E-state index is 12.9. The van der Waals surface area contributed by atoms with Gasteiger partial charge in [-0.3, -0.25) is 4.79 Å². The Morgan fingerprint density at radius 3 is 2.50 bits per heavy atom. The molecule has 3 aromatic rings. The molecule has 0 fully saturated rings. The van der Waals surface area contributed by atoms with Gasteiger partial charge < -0.3 is 14.6 Å². The number of esters is 1. The number of benzene rings is 1. The van der Waals surface area contributed by atoms with Gasteiger partial charge in [-0.1, -0.05) is 56.8 Å². The van der Waals surface area contributed by atoms with E-state index in [9.17, 15) is 9.59 Å². The van der Waals surface area contributed by atoms with Crippen LogP contribution in [0.15, 0.2) is 29.4 Å². The molecule has 1 aliphatic carbocycles. The van der Waals surface area contributed by atoms with E-state index in [0.29, 0.717) is 15.7 Å². The zero-order valence-corrected chi connectivity index (χ0v) is 23.4. The van der Waals surface area contributed by atoms with Gasteiger partial charge in [-0.05, 0) is 56.1 Å². The minimum atomic E-state index is -0.359. The lowest BCUT2D eigenvalue weighted by molar-refractivity contribution is -0.113. The fraction of sp³-hybridized carbons (Fsp3) is 0.481. The number of amides is 1. The number of aryl methyl sites for hydroxylation is 1. The molecule has 1 amide bonds. The van der Waals surface area contributed by atoms with E-state index in [1.165, 1.54) is 33.5 Å². The summed E-state index contributed by atoms with van der Waals surface area (Å²) < 4.78 is 7.39. The molecule has 0 aliphatic heterocycles. The first kappa shape index (κ1) is 26.4. The predicted molar refractivity (Wildman–Crippen MR) is 146 cm³/mol. The van der Waals surface area contributed by atoms with Gasteiger partial charge in [-0.2, -0.15) is 0 Å². The van der Waals surface area contributed by atoms with E-state index in [4.69, 9.17) is 4.74 Å². The minimum absolute atomic E-state index is 0.0834. The highest BCUT2D eigenvalue weighted by molar-refractivity contribution is 7.99. The normalized spacial score (nSPS) is 13.5. The monoisotopic (exact) mass is 526 g/mol. The summed E-state index contributed by atoms with van der Waals surface area (Å²) >= 11 is 2.82. The summed E-state index contributed by atoms with van der Waals surface area (Å²) in [5.41, 5.74) is 3.88. The predicted octanol–water partition coefficient (Wildman–Crippen LogP) is 6.02. The number of thioether (sulfide) groups is 1. The van der Waals surface area contributed by atoms with Crippen LogP contribution in [0.3, 0.4) is 0 Å². The maximum Gasteiger partial charge on any atom is 0.341 e. The number of thiophene rings is 1. The first-order chi connectivity index (χ1) is 17.0. The summed E-state index contributed by atoms with van der Waals surface area (Å²) in [5, 5.41) is 12.9. The van der Waals surface area contributed by atoms with Crippen molar-refractivity contribution in [2.24, 2.45) is 7.05 Å². The third kappa shape index (κ3) is 5.83. The smallest absolute Gasteiger partial charge is 0.341 e. The molecule has 0 saturated carbocycles. The standard InChI is InChI=1S/C27H34N4O3S2/c1-16(2)34-25(33)22-19-9-7-8-10-20(19)36-24(22)28-21(32)15-35-26-30-29-23(31(26)6)17-11-13-18(14-12-17)27(3,4)5/h11-14,16H,7-10,15H2,1-6H3,(H,28,32). The lowest BCUT2D eigenvalue weighted by atomic mass is 9.87. The maximum absolute atomic E-state index is 12.9. The molecule has 9 heteroatoms. The van der Waals surface area contributed by atoms with Gasteiger partial charge in [0.05, 0.1) is 17.4 Å². The Morgan fingerprint density at radius 1 is 1.14 bits per heavy atom. The zero-order valence-electron chi connectivity index (χ0n) is 21.8. The zero-order chi connectivity index (χ0) is 26.0. The highest BCUT2D eigenvalue weighted by Crippen LogP contribution is 2.39. The molecule has 1 aliphatic rings. The van der Waals surface area contributed by atoms with E-state index in [0.717, 1.165) is 42.6 Å². The SMILES string of the molecule is CC(C)OC(=O)c1c(NC(=O)CSc2nnc(-c3ccc(C(C)(C)C)cc3)n2C)sc2c1CCCC2. The van der Waals surface area contributed by atoms with Crippen LogP contribution in [0.4, 0.5) is 5.00 Å². The van der Waals surface area contributed by atoms with E-state index in [-0.39, 0.29) is 29.1 Å². The van der Waals surface area contributed by atoms with Gasteiger partial charge in [0.25, 0.3) is 0 Å². The van der Waals surface area contributed by atoms with Crippen molar-refractivity contribution >= 4 is 40.0 Å². The molecule has 192 valence electrons. The van der Waals surface area contributed by atoms with E-state index in [2.05, 4.69) is 60.6 Å². The molecule has 4 rings (SSSR count). The summed E-state index contributed by atoms with van der Waals surface area (Å²) in [7, 11) is 1.90. The Hall–Kier alpha value is -2.65. The lowest BCUT2D eigenvalue weighted by Gasteiger charge is -2.19. The topological polar surface area (TPSA) is 86.1 Å². The van der Waals surface area contributed by atoms with Crippen LogP contribution in [0.25, 0.3) is 11.4 Å². The van der Waals surface area contributed by atoms with Gasteiger partial charge >= 0.3 is 5.97 Å². The van der Waals surface area contributed by atoms with Crippen molar-refractivity contribution in [2.45, 2.75) is 77.0 Å². The molecule has 2 heterocycles. The lowest BCUT2D eigenvalue weighted by Crippen LogP contribution is -2.19. The molecule has 0 atom stereocenters. The molecular formula is C27H34N4O3S2. The first-order valence-corrected chi connectivity index (χ1v) is 14.1. The second-order valence-corrected chi connectivity index (χ2v) is 12.4. The highest BCUT2D eigenvalue weighted by atomic mass is 32.2. The molecule has 0 unspecified atom stereocenters. The molecular weight excluding hydrogens is 492 g/mol. The number of rotatable bonds is 7. The van der Waals surface area contributed by atoms with Crippen molar-refractivity contribution in [1.29, 1.82) is 0 Å². The molecule has 0 spiro atoms. The first-order valence-electron chi connectivity index (χ1n) is 12.3. The van der Waals surface area contributed by atoms with Gasteiger partial charge in [0, 0.05) is 17.5 Å². The number of nitrogens with zero attached hydrogens (tertiary/aromatic N) is 3. The molecule has 2 aromatic heterocycles. The molecule has 7 nitrogen and oxygen atoms in total. The van der Waals surface area contributed by atoms with Crippen molar-refractivity contribution in [3.8, 4) is 11.4 Å². The average Bonchev–Trinajstić information content (AvgIpc) is 3.36. The fourth-order valence-electron chi connectivity index (χ4n) is 4.25. The van der Waals surface area contributed by atoms with Crippen molar-refractivity contribution in [3.05, 3.63) is 45.8 Å². The number of aromatic nitrogens is 3. The summed E-state index contributed by atoms with van der Waals surface area (Å²) in [6.07, 6.45) is 3.71. The Morgan fingerprint density at radius 2 is 1.83 bits per heavy atom. The third-order valence-corrected chi connectivity index (χ3v) is 8.37. The van der Waals surface area contributed by atoms with E-state index >= 15 is 0 Å². The summed E-state index contributed by atoms with van der Waals surface area (Å²) in [6, 6.07) is 8.35. The number of hydrogen-bond acceptors (Lipinski definition) is 7. The molecule has 1 N–H and O–H groups in total. The van der Waals surface area contributed by atoms with Crippen LogP contribution in [0.5, 0.6) is 0 Å². The van der Waals surface area contributed by atoms with Crippen molar-refractivity contribution < 1.29 is 14.3 Å². The van der Waals surface area contributed by atoms with Gasteiger partial charge in [0.15, 0.2) is 11.0 Å². The largest absolute Gasteiger partial charge is 0.459 e. The van der Waals surface area contributed by atoms with Gasteiger partial charge in [-0.25, -0.2) is 4.79 Å². The second kappa shape index (κ2) is 10.8. The molecule has 0 radical (unpaired) electrons. The summed E-state index contributed by atoms with van der Waals surface area (Å²) in [4.78, 5) is 26.9. The van der Waals surface area contributed by atoms with Gasteiger partial charge in [-0.15, -0.1) is 21.5 Å². The number of ether oxygens (including phenoxy) is 1. The third-order valence-electron chi connectivity index (χ3n) is 6.15. The fourth-order valence-corrected chi connectivity index (χ4v) is 6.25. The number of nitrogens with one attached hydrogen (secondary N) is 1. The quantitative estimate of drug-likeness (QED) is 0.299. The average molecular weight is 527 g/mol. The minimum Gasteiger partial charge on any atom is -0.459 e. The van der Waals surface area contributed by atoms with E-state index in [1.54, 1.807) is 0 Å². The van der Waals surface area contributed by atoms with Crippen molar-refractivity contribution in [3.63, 3.8) is 0 Å². The van der Waals surface area contributed by atoms with E-state index in [1.807, 2.05) is 25.5 Å². The number of carbonyl (C=O) groups is 2. The molecule has 0 saturated heterocycles. The number of carbonyl (C=O) groups excluding carboxylic acids is 2. The molecule has 1 aromatic carbocycles. The highest BCUT2D eigenvalue weighted by Gasteiger charge is 2.28. The Kier molecular flexibility index (Phi) is 7.90. The summed E-state index contributed by atoms with van der Waals surface area (Å²) in [5.74, 6) is 0.373. The number of hydrogen-bond donors (Lipinski definition) is 1. The van der Waals surface area contributed by atoms with Crippen LogP contribution < -0.4 is 5.32 Å². The van der Waals surface area contributed by atoms with Crippen LogP contribution in [0, 0.1) is 0 Å². The van der Waals surface area contributed by atoms with Crippen LogP contribution >= 0.6 is 23.1 Å². The van der Waals surface area contributed by atoms with Crippen LogP contribution in [-0.2, 0) is 34.8 Å². The Labute approximate surface area is 221 Å². The van der Waals surface area contributed by atoms with Crippen LogP contribution in [0.1, 0.15) is 73.8 Å².